The lowest BCUT2D eigenvalue weighted by Gasteiger charge is -2.30. The van der Waals surface area contributed by atoms with Crippen molar-refractivity contribution in [2.75, 3.05) is 4.90 Å². The molecule has 0 spiro atoms. The number of anilines is 2. The van der Waals surface area contributed by atoms with Crippen LogP contribution in [0.4, 0.5) is 11.4 Å². The number of hydrogen-bond donors (Lipinski definition) is 0. The lowest BCUT2D eigenvalue weighted by Crippen LogP contribution is -2.29. The van der Waals surface area contributed by atoms with Gasteiger partial charge >= 0.3 is 0 Å². The van der Waals surface area contributed by atoms with Crippen LogP contribution in [0.3, 0.4) is 0 Å². The Balaban J connectivity index is 1.08. The molecule has 4 heterocycles. The third-order valence-corrected chi connectivity index (χ3v) is 9.73. The molecule has 5 aromatic carbocycles. The highest BCUT2D eigenvalue weighted by Crippen LogP contribution is 2.49. The fraction of sp³-hybridized carbons (Fsp3) is 0.0488. The van der Waals surface area contributed by atoms with Gasteiger partial charge in [0.1, 0.15) is 0 Å². The Hall–Kier alpha value is -5.87. The van der Waals surface area contributed by atoms with Gasteiger partial charge in [0.25, 0.3) is 0 Å². The van der Waals surface area contributed by atoms with Crippen molar-refractivity contribution >= 4 is 60.7 Å². The van der Waals surface area contributed by atoms with Crippen LogP contribution >= 0.6 is 0 Å². The predicted molar refractivity (Wildman–Crippen MR) is 187 cm³/mol. The van der Waals surface area contributed by atoms with Crippen molar-refractivity contribution in [1.82, 2.24) is 14.1 Å². The third kappa shape index (κ3) is 3.45. The van der Waals surface area contributed by atoms with Crippen molar-refractivity contribution in [2.45, 2.75) is 12.0 Å². The summed E-state index contributed by atoms with van der Waals surface area (Å²) in [4.78, 5) is 7.06. The molecule has 3 aromatic heterocycles. The van der Waals surface area contributed by atoms with Crippen molar-refractivity contribution in [3.63, 3.8) is 0 Å². The summed E-state index contributed by atoms with van der Waals surface area (Å²) in [5.41, 5.74) is 10.9. The predicted octanol–water partition coefficient (Wildman–Crippen LogP) is 10.0. The van der Waals surface area contributed by atoms with Gasteiger partial charge in [0.15, 0.2) is 0 Å². The molecule has 4 nitrogen and oxygen atoms in total. The number of hydrogen-bond acceptors (Lipinski definition) is 2. The van der Waals surface area contributed by atoms with E-state index in [9.17, 15) is 0 Å². The molecule has 212 valence electrons. The molecule has 0 radical (unpaired) electrons. The number of aromatic nitrogens is 3. The highest BCUT2D eigenvalue weighted by atomic mass is 15.2. The summed E-state index contributed by atoms with van der Waals surface area (Å²) in [5, 5.41) is 5.12. The van der Waals surface area contributed by atoms with E-state index >= 15 is 0 Å². The van der Waals surface area contributed by atoms with Crippen LogP contribution < -0.4 is 4.90 Å². The minimum Gasteiger partial charge on any atom is -0.333 e. The quantitative estimate of drug-likeness (QED) is 0.209. The largest absolute Gasteiger partial charge is 0.333 e. The molecule has 10 rings (SSSR count). The molecular weight excluding hydrogens is 548 g/mol. The number of pyridine rings is 1. The van der Waals surface area contributed by atoms with Gasteiger partial charge in [-0.2, -0.15) is 0 Å². The van der Waals surface area contributed by atoms with Crippen LogP contribution in [-0.2, 0) is 0 Å². The summed E-state index contributed by atoms with van der Waals surface area (Å²) in [6.45, 7) is 0. The maximum absolute atomic E-state index is 4.58. The maximum Gasteiger partial charge on any atom is 0.0631 e. The normalized spacial score (nSPS) is 17.3. The lowest BCUT2D eigenvalue weighted by molar-refractivity contribution is 0.742. The van der Waals surface area contributed by atoms with Crippen LogP contribution in [-0.4, -0.2) is 20.2 Å². The molecule has 0 amide bonds. The Bertz CT molecular complexity index is 2400. The van der Waals surface area contributed by atoms with Gasteiger partial charge in [0, 0.05) is 68.2 Å². The van der Waals surface area contributed by atoms with Gasteiger partial charge in [-0.25, -0.2) is 0 Å². The molecule has 2 aliphatic rings. The molecular formula is C41H28N4. The zero-order valence-corrected chi connectivity index (χ0v) is 24.5. The van der Waals surface area contributed by atoms with Gasteiger partial charge in [-0.05, 0) is 60.7 Å². The second-order valence-electron chi connectivity index (χ2n) is 12.0. The molecule has 0 N–H and O–H groups in total. The summed E-state index contributed by atoms with van der Waals surface area (Å²) >= 11 is 0. The van der Waals surface area contributed by atoms with Crippen molar-refractivity contribution < 1.29 is 0 Å². The first-order valence-electron chi connectivity index (χ1n) is 15.6. The van der Waals surface area contributed by atoms with E-state index in [-0.39, 0.29) is 12.0 Å². The topological polar surface area (TPSA) is 26.0 Å². The van der Waals surface area contributed by atoms with Crippen LogP contribution in [0.25, 0.3) is 55.0 Å². The molecule has 2 unspecified atom stereocenters. The molecule has 8 aromatic rings. The smallest absolute Gasteiger partial charge is 0.0631 e. The van der Waals surface area contributed by atoms with E-state index < -0.39 is 0 Å². The fourth-order valence-electron chi connectivity index (χ4n) is 7.84. The van der Waals surface area contributed by atoms with Crippen LogP contribution in [0, 0.1) is 0 Å². The molecule has 0 saturated heterocycles. The Morgan fingerprint density at radius 1 is 0.511 bits per heavy atom. The standard InChI is InChI=1S/C41H28N4/c1-5-13-36-30(9-1)31-10-2-6-14-37(31)43(36)27-17-19-28(20-18-27)44-40-22-21-29(25-34(40)35-26-42-24-23-41(35)44)45-38-15-7-3-11-32(38)33-12-4-8-16-39(33)45/h1-26,34,40H. The van der Waals surface area contributed by atoms with Crippen LogP contribution in [0.5, 0.6) is 0 Å². The van der Waals surface area contributed by atoms with E-state index in [0.717, 1.165) is 5.69 Å². The number of rotatable bonds is 3. The summed E-state index contributed by atoms with van der Waals surface area (Å²) < 4.78 is 4.79. The molecule has 2 atom stereocenters. The van der Waals surface area contributed by atoms with Gasteiger partial charge in [-0.3, -0.25) is 4.98 Å². The van der Waals surface area contributed by atoms with Gasteiger partial charge in [0.2, 0.25) is 0 Å². The molecule has 0 saturated carbocycles. The minimum absolute atomic E-state index is 0.167. The second kappa shape index (κ2) is 9.31. The molecule has 0 bridgehead atoms. The van der Waals surface area contributed by atoms with Gasteiger partial charge in [-0.15, -0.1) is 0 Å². The second-order valence-corrected chi connectivity index (χ2v) is 12.0. The lowest BCUT2D eigenvalue weighted by atomic mass is 9.91. The minimum atomic E-state index is 0.167. The molecule has 1 aliphatic heterocycles. The van der Waals surface area contributed by atoms with E-state index in [2.05, 4.69) is 171 Å². The SMILES string of the molecule is C1=CC2C(C=C1n1c3ccccc3c3ccccc31)c1cnccc1N2c1ccc(-n2c3ccccc3c3ccccc32)cc1. The van der Waals surface area contributed by atoms with E-state index in [1.54, 1.807) is 0 Å². The summed E-state index contributed by atoms with van der Waals surface area (Å²) in [6.07, 6.45) is 11.1. The van der Waals surface area contributed by atoms with Crippen molar-refractivity contribution in [1.29, 1.82) is 0 Å². The van der Waals surface area contributed by atoms with Crippen molar-refractivity contribution in [3.05, 3.63) is 164 Å². The fourth-order valence-corrected chi connectivity index (χ4v) is 7.84. The van der Waals surface area contributed by atoms with Crippen LogP contribution in [0.15, 0.2) is 158 Å². The zero-order valence-electron chi connectivity index (χ0n) is 24.5. The Morgan fingerprint density at radius 2 is 1.02 bits per heavy atom. The Morgan fingerprint density at radius 3 is 1.60 bits per heavy atom. The molecule has 45 heavy (non-hydrogen) atoms. The number of nitrogens with zero attached hydrogens (tertiary/aromatic N) is 4. The highest BCUT2D eigenvalue weighted by Gasteiger charge is 2.39. The van der Waals surface area contributed by atoms with E-state index in [4.69, 9.17) is 0 Å². The summed E-state index contributed by atoms with van der Waals surface area (Å²) in [5.74, 6) is 0.186. The van der Waals surface area contributed by atoms with Gasteiger partial charge in [0.05, 0.1) is 28.1 Å². The van der Waals surface area contributed by atoms with Crippen LogP contribution in [0.1, 0.15) is 11.5 Å². The Labute approximate surface area is 260 Å². The van der Waals surface area contributed by atoms with Gasteiger partial charge < -0.3 is 14.0 Å². The Kier molecular flexibility index (Phi) is 5.08. The first-order valence-corrected chi connectivity index (χ1v) is 15.6. The number of benzene rings is 5. The van der Waals surface area contributed by atoms with Crippen LogP contribution in [0.2, 0.25) is 0 Å². The summed E-state index contributed by atoms with van der Waals surface area (Å²) in [7, 11) is 0. The average Bonchev–Trinajstić information content (AvgIpc) is 3.74. The van der Waals surface area contributed by atoms with Crippen molar-refractivity contribution in [2.24, 2.45) is 0 Å². The summed E-state index contributed by atoms with van der Waals surface area (Å²) in [6, 6.07) is 46.2. The number of para-hydroxylation sites is 4. The monoisotopic (exact) mass is 576 g/mol. The van der Waals surface area contributed by atoms with E-state index in [1.807, 2.05) is 6.20 Å². The number of allylic oxidation sites excluding steroid dienone is 2. The van der Waals surface area contributed by atoms with Crippen molar-refractivity contribution in [3.8, 4) is 5.69 Å². The average molecular weight is 577 g/mol. The van der Waals surface area contributed by atoms with Gasteiger partial charge in [-0.1, -0.05) is 84.9 Å². The highest BCUT2D eigenvalue weighted by molar-refractivity contribution is 6.11. The number of fused-ring (bicyclic) bond motifs is 9. The molecule has 0 fully saturated rings. The van der Waals surface area contributed by atoms with E-state index in [1.165, 1.54) is 66.2 Å². The maximum atomic E-state index is 4.58. The molecule has 4 heteroatoms. The first kappa shape index (κ1) is 24.6. The molecule has 1 aliphatic carbocycles. The first-order chi connectivity index (χ1) is 22.3. The zero-order chi connectivity index (χ0) is 29.5. The van der Waals surface area contributed by atoms with E-state index in [0.29, 0.717) is 0 Å². The third-order valence-electron chi connectivity index (χ3n) is 9.73.